The van der Waals surface area contributed by atoms with E-state index in [0.717, 1.165) is 30.8 Å². The number of rotatable bonds is 8. The monoisotopic (exact) mass is 464 g/mol. The molecule has 2 aromatic carbocycles. The maximum absolute atomic E-state index is 13.1. The third kappa shape index (κ3) is 5.58. The molecule has 1 fully saturated rings. The molecule has 4 rings (SSSR count). The summed E-state index contributed by atoms with van der Waals surface area (Å²) in [6.07, 6.45) is 3.35. The lowest BCUT2D eigenvalue weighted by Crippen LogP contribution is -2.25. The maximum Gasteiger partial charge on any atom is 0.262 e. The zero-order valence-corrected chi connectivity index (χ0v) is 20.5. The molecule has 0 radical (unpaired) electrons. The number of para-hydroxylation sites is 1. The molecule has 3 aromatic rings. The fraction of sp³-hybridized carbons (Fsp3) is 0.423. The first kappa shape index (κ1) is 23.4. The van der Waals surface area contributed by atoms with E-state index in [2.05, 4.69) is 36.2 Å². The van der Waals surface area contributed by atoms with Crippen LogP contribution in [0, 0.1) is 12.8 Å². The summed E-state index contributed by atoms with van der Waals surface area (Å²) in [4.78, 5) is 32.9. The summed E-state index contributed by atoms with van der Waals surface area (Å²) in [5.74, 6) is 0.561. The Hall–Kier alpha value is -2.80. The molecule has 1 aliphatic rings. The Labute approximate surface area is 199 Å². The minimum Gasteiger partial charge on any atom is -0.372 e. The average Bonchev–Trinajstić information content (AvgIpc) is 3.33. The summed E-state index contributed by atoms with van der Waals surface area (Å²) >= 11 is 1.32. The standard InChI is InChI=1S/C26H32N4O2S/c1-18(2)12-15-30-25(32)21-8-4-5-9-23(21)28-26(30)33-17-24(31)27-22-11-10-20(16-19(22)3)29-13-6-7-14-29/h4-5,8-11,16,18H,6-7,12-15,17H2,1-3H3,(H,27,31). The van der Waals surface area contributed by atoms with Gasteiger partial charge in [-0.05, 0) is 68.0 Å². The van der Waals surface area contributed by atoms with Gasteiger partial charge in [0.1, 0.15) is 0 Å². The second kappa shape index (κ2) is 10.4. The molecule has 1 saturated heterocycles. The zero-order chi connectivity index (χ0) is 23.4. The van der Waals surface area contributed by atoms with E-state index in [4.69, 9.17) is 4.98 Å². The number of nitrogens with one attached hydrogen (secondary N) is 1. The molecule has 1 aromatic heterocycles. The molecule has 1 N–H and O–H groups in total. The van der Waals surface area contributed by atoms with Gasteiger partial charge in [-0.3, -0.25) is 14.2 Å². The average molecular weight is 465 g/mol. The molecule has 174 valence electrons. The van der Waals surface area contributed by atoms with Crippen LogP contribution >= 0.6 is 11.8 Å². The SMILES string of the molecule is Cc1cc(N2CCCC2)ccc1NC(=O)CSc1nc2ccccc2c(=O)n1CCC(C)C. The normalized spacial score (nSPS) is 13.8. The minimum absolute atomic E-state index is 0.0440. The van der Waals surface area contributed by atoms with Crippen molar-refractivity contribution in [3.8, 4) is 0 Å². The van der Waals surface area contributed by atoms with E-state index in [1.807, 2.05) is 37.3 Å². The number of aromatic nitrogens is 2. The van der Waals surface area contributed by atoms with Gasteiger partial charge < -0.3 is 10.2 Å². The Balaban J connectivity index is 1.48. The van der Waals surface area contributed by atoms with Gasteiger partial charge in [-0.15, -0.1) is 0 Å². The van der Waals surface area contributed by atoms with Crippen molar-refractivity contribution >= 4 is 39.9 Å². The summed E-state index contributed by atoms with van der Waals surface area (Å²) in [7, 11) is 0. The first-order chi connectivity index (χ1) is 15.9. The number of nitrogens with zero attached hydrogens (tertiary/aromatic N) is 3. The van der Waals surface area contributed by atoms with Gasteiger partial charge in [0.2, 0.25) is 5.91 Å². The van der Waals surface area contributed by atoms with E-state index >= 15 is 0 Å². The number of fused-ring (bicyclic) bond motifs is 1. The van der Waals surface area contributed by atoms with E-state index in [9.17, 15) is 9.59 Å². The lowest BCUT2D eigenvalue weighted by Gasteiger charge is -2.19. The van der Waals surface area contributed by atoms with E-state index in [0.29, 0.717) is 28.5 Å². The first-order valence-electron chi connectivity index (χ1n) is 11.7. The van der Waals surface area contributed by atoms with Gasteiger partial charge in [-0.25, -0.2) is 4.98 Å². The van der Waals surface area contributed by atoms with Gasteiger partial charge in [0, 0.05) is 31.0 Å². The number of aryl methyl sites for hydroxylation is 1. The Morgan fingerprint density at radius 1 is 1.15 bits per heavy atom. The van der Waals surface area contributed by atoms with Crippen LogP contribution in [0.15, 0.2) is 52.4 Å². The molecule has 33 heavy (non-hydrogen) atoms. The lowest BCUT2D eigenvalue weighted by molar-refractivity contribution is -0.113. The highest BCUT2D eigenvalue weighted by atomic mass is 32.2. The summed E-state index contributed by atoms with van der Waals surface area (Å²) in [6, 6.07) is 13.6. The molecule has 6 nitrogen and oxygen atoms in total. The van der Waals surface area contributed by atoms with Crippen LogP contribution in [0.25, 0.3) is 10.9 Å². The van der Waals surface area contributed by atoms with Crippen molar-refractivity contribution in [2.24, 2.45) is 5.92 Å². The molecular weight excluding hydrogens is 432 g/mol. The van der Waals surface area contributed by atoms with E-state index < -0.39 is 0 Å². The maximum atomic E-state index is 13.1. The van der Waals surface area contributed by atoms with Gasteiger partial charge >= 0.3 is 0 Å². The quantitative estimate of drug-likeness (QED) is 0.372. The summed E-state index contributed by atoms with van der Waals surface area (Å²) in [6.45, 7) is 9.08. The van der Waals surface area contributed by atoms with Gasteiger partial charge in [-0.2, -0.15) is 0 Å². The molecular formula is C26H32N4O2S. The summed E-state index contributed by atoms with van der Waals surface area (Å²) < 4.78 is 1.72. The van der Waals surface area contributed by atoms with Crippen molar-refractivity contribution in [1.82, 2.24) is 9.55 Å². The molecule has 1 aliphatic heterocycles. The number of hydrogen-bond donors (Lipinski definition) is 1. The minimum atomic E-state index is -0.102. The molecule has 0 bridgehead atoms. The molecule has 0 saturated carbocycles. The van der Waals surface area contributed by atoms with Gasteiger partial charge in [-0.1, -0.05) is 37.7 Å². The van der Waals surface area contributed by atoms with Crippen LogP contribution in [-0.2, 0) is 11.3 Å². The molecule has 7 heteroatoms. The van der Waals surface area contributed by atoms with Crippen LogP contribution in [0.1, 0.15) is 38.7 Å². The number of hydrogen-bond acceptors (Lipinski definition) is 5. The Kier molecular flexibility index (Phi) is 7.38. The smallest absolute Gasteiger partial charge is 0.262 e. The van der Waals surface area contributed by atoms with Crippen LogP contribution < -0.4 is 15.8 Å². The van der Waals surface area contributed by atoms with Crippen LogP contribution in [0.3, 0.4) is 0 Å². The Morgan fingerprint density at radius 3 is 2.64 bits per heavy atom. The van der Waals surface area contributed by atoms with Crippen molar-refractivity contribution in [3.63, 3.8) is 0 Å². The van der Waals surface area contributed by atoms with Gasteiger partial charge in [0.15, 0.2) is 5.16 Å². The fourth-order valence-corrected chi connectivity index (χ4v) is 4.94. The van der Waals surface area contributed by atoms with Crippen molar-refractivity contribution in [1.29, 1.82) is 0 Å². The number of anilines is 2. The molecule has 0 unspecified atom stereocenters. The second-order valence-electron chi connectivity index (χ2n) is 9.08. The van der Waals surface area contributed by atoms with Crippen LogP contribution in [0.4, 0.5) is 11.4 Å². The predicted molar refractivity (Wildman–Crippen MR) is 137 cm³/mol. The largest absolute Gasteiger partial charge is 0.372 e. The number of benzene rings is 2. The number of carbonyl (C=O) groups is 1. The molecule has 0 atom stereocenters. The first-order valence-corrected chi connectivity index (χ1v) is 12.7. The van der Waals surface area contributed by atoms with Gasteiger partial charge in [0.05, 0.1) is 16.7 Å². The van der Waals surface area contributed by atoms with E-state index in [1.165, 1.54) is 30.3 Å². The highest BCUT2D eigenvalue weighted by molar-refractivity contribution is 7.99. The van der Waals surface area contributed by atoms with Gasteiger partial charge in [0.25, 0.3) is 5.56 Å². The summed E-state index contributed by atoms with van der Waals surface area (Å²) in [5, 5.41) is 4.23. The number of thioether (sulfide) groups is 1. The molecule has 0 aliphatic carbocycles. The highest BCUT2D eigenvalue weighted by Crippen LogP contribution is 2.26. The Morgan fingerprint density at radius 2 is 1.91 bits per heavy atom. The molecule has 2 heterocycles. The fourth-order valence-electron chi connectivity index (χ4n) is 4.12. The zero-order valence-electron chi connectivity index (χ0n) is 19.6. The third-order valence-electron chi connectivity index (χ3n) is 6.04. The van der Waals surface area contributed by atoms with Crippen molar-refractivity contribution in [2.75, 3.05) is 29.1 Å². The highest BCUT2D eigenvalue weighted by Gasteiger charge is 2.16. The van der Waals surface area contributed by atoms with E-state index in [1.54, 1.807) is 4.57 Å². The second-order valence-corrected chi connectivity index (χ2v) is 10.0. The lowest BCUT2D eigenvalue weighted by atomic mass is 10.1. The predicted octanol–water partition coefficient (Wildman–Crippen LogP) is 5.08. The number of amides is 1. The van der Waals surface area contributed by atoms with Crippen molar-refractivity contribution in [2.45, 2.75) is 51.7 Å². The van der Waals surface area contributed by atoms with Crippen LogP contribution in [-0.4, -0.2) is 34.3 Å². The van der Waals surface area contributed by atoms with Crippen molar-refractivity contribution in [3.05, 3.63) is 58.4 Å². The third-order valence-corrected chi connectivity index (χ3v) is 7.02. The van der Waals surface area contributed by atoms with Crippen LogP contribution in [0.2, 0.25) is 0 Å². The van der Waals surface area contributed by atoms with Crippen LogP contribution in [0.5, 0.6) is 0 Å². The topological polar surface area (TPSA) is 67.2 Å². The molecule has 0 spiro atoms. The summed E-state index contributed by atoms with van der Waals surface area (Å²) in [5.41, 5.74) is 3.71. The van der Waals surface area contributed by atoms with E-state index in [-0.39, 0.29) is 17.2 Å². The number of carbonyl (C=O) groups excluding carboxylic acids is 1. The molecule has 1 amide bonds. The Bertz CT molecular complexity index is 1200. The van der Waals surface area contributed by atoms with Crippen molar-refractivity contribution < 1.29 is 4.79 Å².